The zero-order chi connectivity index (χ0) is 21.7. The van der Waals surface area contributed by atoms with Crippen LogP contribution in [0, 0.1) is 31.5 Å². The third-order valence-electron chi connectivity index (χ3n) is 7.78. The van der Waals surface area contributed by atoms with E-state index >= 15 is 0 Å². The smallest absolute Gasteiger partial charge is 0.250 e. The zero-order valence-corrected chi connectivity index (χ0v) is 17.3. The molecule has 3 saturated heterocycles. The molecular formula is C24H22FN3O3. The van der Waals surface area contributed by atoms with E-state index in [1.165, 1.54) is 29.2 Å². The van der Waals surface area contributed by atoms with Gasteiger partial charge in [0.15, 0.2) is 0 Å². The Morgan fingerprint density at radius 2 is 1.77 bits per heavy atom. The Morgan fingerprint density at radius 3 is 2.52 bits per heavy atom. The predicted octanol–water partition coefficient (Wildman–Crippen LogP) is 2.87. The van der Waals surface area contributed by atoms with Crippen LogP contribution < -0.4 is 10.2 Å². The summed E-state index contributed by atoms with van der Waals surface area (Å²) in [5.41, 5.74) is 2.77. The van der Waals surface area contributed by atoms with Gasteiger partial charge in [0, 0.05) is 17.3 Å². The van der Waals surface area contributed by atoms with Gasteiger partial charge in [-0.1, -0.05) is 12.1 Å². The number of imide groups is 1. The molecule has 7 heteroatoms. The second kappa shape index (κ2) is 6.01. The molecule has 3 amide bonds. The monoisotopic (exact) mass is 419 g/mol. The van der Waals surface area contributed by atoms with Crippen LogP contribution in [0.2, 0.25) is 0 Å². The number of carbonyl (C=O) groups excluding carboxylic acids is 3. The fraction of sp³-hybridized carbons (Fsp3) is 0.375. The second-order valence-corrected chi connectivity index (χ2v) is 9.05. The van der Waals surface area contributed by atoms with Gasteiger partial charge in [-0.3, -0.25) is 19.3 Å². The van der Waals surface area contributed by atoms with Gasteiger partial charge >= 0.3 is 0 Å². The number of aryl methyl sites for hydroxylation is 1. The number of rotatable bonds is 1. The van der Waals surface area contributed by atoms with Gasteiger partial charge in [-0.15, -0.1) is 0 Å². The molecule has 4 atom stereocenters. The predicted molar refractivity (Wildman–Crippen MR) is 112 cm³/mol. The summed E-state index contributed by atoms with van der Waals surface area (Å²) in [5.74, 6) is -2.70. The van der Waals surface area contributed by atoms with Crippen molar-refractivity contribution in [2.24, 2.45) is 11.8 Å². The topological polar surface area (TPSA) is 69.7 Å². The van der Waals surface area contributed by atoms with E-state index < -0.39 is 23.2 Å². The Kier molecular flexibility index (Phi) is 3.62. The van der Waals surface area contributed by atoms with Crippen LogP contribution in [0.1, 0.15) is 29.5 Å². The standard InChI is InChI=1S/C24H22FN3O3/c1-12-5-10-16-20(13(12)2)26-23(31)24(16)19-18(17-4-3-11-27(17)24)21(29)28(22(19)30)15-8-6-14(25)7-9-15/h5-10,17-19H,3-4,11H2,1-2H3,(H,26,31)/t17-,18-,19+,24+/m1/s1. The van der Waals surface area contributed by atoms with E-state index in [4.69, 9.17) is 0 Å². The molecule has 4 aliphatic heterocycles. The van der Waals surface area contributed by atoms with Crippen molar-refractivity contribution in [3.63, 3.8) is 0 Å². The molecule has 4 aliphatic rings. The Hall–Kier alpha value is -3.06. The molecule has 0 saturated carbocycles. The summed E-state index contributed by atoms with van der Waals surface area (Å²) in [5, 5.41) is 3.05. The highest BCUT2D eigenvalue weighted by atomic mass is 19.1. The minimum absolute atomic E-state index is 0.162. The number of halogens is 1. The molecular weight excluding hydrogens is 397 g/mol. The minimum Gasteiger partial charge on any atom is -0.324 e. The van der Waals surface area contributed by atoms with E-state index in [2.05, 4.69) is 10.2 Å². The number of hydrogen-bond donors (Lipinski definition) is 1. The first-order valence-electron chi connectivity index (χ1n) is 10.7. The highest BCUT2D eigenvalue weighted by Gasteiger charge is 2.74. The summed E-state index contributed by atoms with van der Waals surface area (Å²) in [4.78, 5) is 44.3. The molecule has 0 aliphatic carbocycles. The molecule has 1 N–H and O–H groups in total. The number of fused-ring (bicyclic) bond motifs is 7. The quantitative estimate of drug-likeness (QED) is 0.722. The highest BCUT2D eigenvalue weighted by molar-refractivity contribution is 6.26. The van der Waals surface area contributed by atoms with E-state index in [9.17, 15) is 18.8 Å². The summed E-state index contributed by atoms with van der Waals surface area (Å²) in [7, 11) is 0. The molecule has 0 bridgehead atoms. The molecule has 0 aromatic heterocycles. The molecule has 31 heavy (non-hydrogen) atoms. The van der Waals surface area contributed by atoms with Gasteiger partial charge in [0.2, 0.25) is 17.7 Å². The maximum Gasteiger partial charge on any atom is 0.250 e. The van der Waals surface area contributed by atoms with Crippen molar-refractivity contribution in [1.82, 2.24) is 4.90 Å². The van der Waals surface area contributed by atoms with Crippen molar-refractivity contribution >= 4 is 29.1 Å². The number of benzene rings is 2. The van der Waals surface area contributed by atoms with Gasteiger partial charge in [-0.2, -0.15) is 0 Å². The van der Waals surface area contributed by atoms with Gasteiger partial charge < -0.3 is 5.32 Å². The highest BCUT2D eigenvalue weighted by Crippen LogP contribution is 2.61. The van der Waals surface area contributed by atoms with Crippen LogP contribution in [0.5, 0.6) is 0 Å². The fourth-order valence-electron chi connectivity index (χ4n) is 6.36. The number of carbonyl (C=O) groups is 3. The lowest BCUT2D eigenvalue weighted by molar-refractivity contribution is -0.135. The van der Waals surface area contributed by atoms with Crippen LogP contribution in [0.4, 0.5) is 15.8 Å². The Balaban J connectivity index is 1.56. The number of anilines is 2. The normalized spacial score (nSPS) is 31.4. The van der Waals surface area contributed by atoms with Crippen LogP contribution in [-0.2, 0) is 19.9 Å². The average molecular weight is 419 g/mol. The second-order valence-electron chi connectivity index (χ2n) is 9.05. The molecule has 0 unspecified atom stereocenters. The van der Waals surface area contributed by atoms with Crippen molar-refractivity contribution in [2.75, 3.05) is 16.8 Å². The SMILES string of the molecule is Cc1ccc2c(c1C)NC(=O)[C@@]21[C@@H]2C(=O)N(c3ccc(F)cc3)C(=O)[C@@H]2[C@H]2CCCN21. The molecule has 6 rings (SSSR count). The zero-order valence-electron chi connectivity index (χ0n) is 17.3. The molecule has 3 fully saturated rings. The Morgan fingerprint density at radius 1 is 1.03 bits per heavy atom. The number of amides is 3. The minimum atomic E-state index is -1.18. The first-order valence-corrected chi connectivity index (χ1v) is 10.7. The molecule has 0 radical (unpaired) electrons. The van der Waals surface area contributed by atoms with Gasteiger partial charge in [-0.25, -0.2) is 9.29 Å². The maximum absolute atomic E-state index is 13.8. The number of hydrogen-bond acceptors (Lipinski definition) is 4. The third-order valence-corrected chi connectivity index (χ3v) is 7.78. The Labute approximate surface area is 179 Å². The first kappa shape index (κ1) is 18.7. The summed E-state index contributed by atoms with van der Waals surface area (Å²) in [6, 6.07) is 9.13. The van der Waals surface area contributed by atoms with E-state index in [1.807, 2.05) is 26.0 Å². The van der Waals surface area contributed by atoms with Crippen molar-refractivity contribution in [3.05, 3.63) is 58.9 Å². The van der Waals surface area contributed by atoms with E-state index in [0.29, 0.717) is 12.2 Å². The average Bonchev–Trinajstić information content (AvgIpc) is 3.45. The molecule has 2 aromatic carbocycles. The van der Waals surface area contributed by atoms with Crippen LogP contribution in [0.25, 0.3) is 0 Å². The summed E-state index contributed by atoms with van der Waals surface area (Å²) < 4.78 is 13.5. The lowest BCUT2D eigenvalue weighted by atomic mass is 9.75. The van der Waals surface area contributed by atoms with Crippen LogP contribution in [0.15, 0.2) is 36.4 Å². The van der Waals surface area contributed by atoms with E-state index in [-0.39, 0.29) is 23.8 Å². The number of nitrogens with one attached hydrogen (secondary N) is 1. The third kappa shape index (κ3) is 2.07. The molecule has 2 aromatic rings. The van der Waals surface area contributed by atoms with Gasteiger partial charge in [-0.05, 0) is 68.6 Å². The van der Waals surface area contributed by atoms with Crippen molar-refractivity contribution in [1.29, 1.82) is 0 Å². The van der Waals surface area contributed by atoms with Crippen molar-refractivity contribution in [2.45, 2.75) is 38.3 Å². The van der Waals surface area contributed by atoms with E-state index in [0.717, 1.165) is 35.2 Å². The van der Waals surface area contributed by atoms with Crippen LogP contribution >= 0.6 is 0 Å². The summed E-state index contributed by atoms with van der Waals surface area (Å²) in [6.45, 7) is 4.63. The first-order chi connectivity index (χ1) is 14.9. The summed E-state index contributed by atoms with van der Waals surface area (Å²) in [6.07, 6.45) is 1.65. The van der Waals surface area contributed by atoms with Crippen molar-refractivity contribution in [3.8, 4) is 0 Å². The molecule has 4 heterocycles. The molecule has 6 nitrogen and oxygen atoms in total. The fourth-order valence-corrected chi connectivity index (χ4v) is 6.36. The largest absolute Gasteiger partial charge is 0.324 e. The molecule has 1 spiro atoms. The van der Waals surface area contributed by atoms with Crippen LogP contribution in [0.3, 0.4) is 0 Å². The maximum atomic E-state index is 13.8. The van der Waals surface area contributed by atoms with Gasteiger partial charge in [0.25, 0.3) is 0 Å². The van der Waals surface area contributed by atoms with E-state index in [1.54, 1.807) is 0 Å². The van der Waals surface area contributed by atoms with Gasteiger partial charge in [0.1, 0.15) is 11.4 Å². The summed E-state index contributed by atoms with van der Waals surface area (Å²) >= 11 is 0. The molecule has 158 valence electrons. The number of nitrogens with zero attached hydrogens (tertiary/aromatic N) is 2. The Bertz CT molecular complexity index is 1180. The van der Waals surface area contributed by atoms with Crippen molar-refractivity contribution < 1.29 is 18.8 Å². The van der Waals surface area contributed by atoms with Crippen LogP contribution in [-0.4, -0.2) is 35.2 Å². The van der Waals surface area contributed by atoms with Gasteiger partial charge in [0.05, 0.1) is 17.5 Å². The lowest BCUT2D eigenvalue weighted by Crippen LogP contribution is -2.54. The lowest BCUT2D eigenvalue weighted by Gasteiger charge is -2.36.